The van der Waals surface area contributed by atoms with E-state index in [0.717, 1.165) is 0 Å². The number of rotatable bonds is 8. The number of carboxylic acid groups (broad SMARTS) is 1. The van der Waals surface area contributed by atoms with Crippen molar-refractivity contribution in [2.75, 3.05) is 13.1 Å². The van der Waals surface area contributed by atoms with Crippen molar-refractivity contribution in [2.45, 2.75) is 47.0 Å². The molecule has 0 fully saturated rings. The summed E-state index contributed by atoms with van der Waals surface area (Å²) in [5, 5.41) is 13.4. The molecule has 0 saturated heterocycles. The number of nitrogens with one attached hydrogen (secondary N) is 2. The van der Waals surface area contributed by atoms with Gasteiger partial charge in [-0.3, -0.25) is 4.79 Å². The highest BCUT2D eigenvalue weighted by atomic mass is 16.4. The minimum Gasteiger partial charge on any atom is -0.677 e. The van der Waals surface area contributed by atoms with E-state index in [1.54, 1.807) is 13.8 Å². The van der Waals surface area contributed by atoms with Crippen LogP contribution in [0.15, 0.2) is 0 Å². The van der Waals surface area contributed by atoms with Crippen LogP contribution in [0.2, 0.25) is 0 Å². The lowest BCUT2D eigenvalue weighted by Gasteiger charge is -2.20. The van der Waals surface area contributed by atoms with E-state index in [4.69, 9.17) is 5.73 Å². The van der Waals surface area contributed by atoms with Gasteiger partial charge in [0.2, 0.25) is 5.91 Å². The first kappa shape index (κ1) is 19.2. The van der Waals surface area contributed by atoms with E-state index in [1.807, 2.05) is 13.8 Å². The summed E-state index contributed by atoms with van der Waals surface area (Å²) in [6.45, 7) is 8.24. The molecule has 0 radical (unpaired) electrons. The Bertz CT molecular complexity index is 232. The Balaban J connectivity index is 0. The predicted molar refractivity (Wildman–Crippen MR) is 70.7 cm³/mol. The van der Waals surface area contributed by atoms with Crippen LogP contribution < -0.4 is 10.4 Å². The second kappa shape index (κ2) is 12.4. The molecule has 1 amide bonds. The van der Waals surface area contributed by atoms with E-state index < -0.39 is 11.9 Å². The number of carboxylic acids is 1. The lowest BCUT2D eigenvalue weighted by molar-refractivity contribution is -0.312. The van der Waals surface area contributed by atoms with Crippen LogP contribution in [0, 0.1) is 11.8 Å². The summed E-state index contributed by atoms with van der Waals surface area (Å²) in [6.07, 6.45) is 1.41. The molecular formula is C13H26N2O3-2. The zero-order valence-corrected chi connectivity index (χ0v) is 11.9. The Labute approximate surface area is 110 Å². The molecule has 2 atom stereocenters. The van der Waals surface area contributed by atoms with Crippen LogP contribution in [-0.4, -0.2) is 25.0 Å². The number of aliphatic carboxylic acids is 1. The van der Waals surface area contributed by atoms with Gasteiger partial charge in [-0.2, -0.15) is 0 Å². The van der Waals surface area contributed by atoms with Crippen molar-refractivity contribution in [1.29, 1.82) is 0 Å². The lowest BCUT2D eigenvalue weighted by atomic mass is 9.93. The van der Waals surface area contributed by atoms with Gasteiger partial charge in [0, 0.05) is 18.4 Å². The zero-order valence-electron chi connectivity index (χ0n) is 11.9. The Hall–Kier alpha value is -1.10. The molecule has 0 aliphatic carbocycles. The number of hydrogen-bond donors (Lipinski definition) is 1. The molecule has 0 aromatic rings. The Morgan fingerprint density at radius 2 is 1.89 bits per heavy atom. The molecule has 0 aromatic carbocycles. The number of hydrogen-bond acceptors (Lipinski definition) is 3. The van der Waals surface area contributed by atoms with Gasteiger partial charge in [-0.05, 0) is 18.8 Å². The maximum absolute atomic E-state index is 11.5. The third kappa shape index (κ3) is 8.98. The second-order valence-corrected chi connectivity index (χ2v) is 3.96. The van der Waals surface area contributed by atoms with E-state index in [9.17, 15) is 14.7 Å². The van der Waals surface area contributed by atoms with Crippen LogP contribution in [0.3, 0.4) is 0 Å². The average Bonchev–Trinajstić information content (AvgIpc) is 2.37. The molecule has 0 aromatic heterocycles. The molecule has 5 nitrogen and oxygen atoms in total. The lowest BCUT2D eigenvalue weighted by Crippen LogP contribution is -2.36. The first-order valence-electron chi connectivity index (χ1n) is 6.66. The van der Waals surface area contributed by atoms with Crippen molar-refractivity contribution in [2.24, 2.45) is 11.8 Å². The van der Waals surface area contributed by atoms with Crippen LogP contribution in [0.25, 0.3) is 5.73 Å². The minimum atomic E-state index is -1.09. The summed E-state index contributed by atoms with van der Waals surface area (Å²) < 4.78 is 0. The molecule has 0 heterocycles. The first-order chi connectivity index (χ1) is 8.52. The van der Waals surface area contributed by atoms with E-state index in [0.29, 0.717) is 25.8 Å². The monoisotopic (exact) mass is 258 g/mol. The fourth-order valence-electron chi connectivity index (χ4n) is 1.44. The highest BCUT2D eigenvalue weighted by molar-refractivity contribution is 5.79. The van der Waals surface area contributed by atoms with Gasteiger partial charge in [-0.25, -0.2) is 0 Å². The molecule has 2 unspecified atom stereocenters. The minimum absolute atomic E-state index is 0.145. The van der Waals surface area contributed by atoms with Crippen LogP contribution in [-0.2, 0) is 9.59 Å². The van der Waals surface area contributed by atoms with Gasteiger partial charge >= 0.3 is 0 Å². The van der Waals surface area contributed by atoms with Crippen molar-refractivity contribution >= 4 is 11.9 Å². The van der Waals surface area contributed by atoms with Crippen molar-refractivity contribution < 1.29 is 14.7 Å². The highest BCUT2D eigenvalue weighted by Crippen LogP contribution is 2.15. The van der Waals surface area contributed by atoms with Crippen LogP contribution in [0.4, 0.5) is 0 Å². The standard InChI is InChI=1S/C11H21N2O3.C2H6/c1-3-9(11(15)16)7-8(2)10(14)13-6-4-5-12;1-2/h8-9,12H,3-7H2,1-2H3,(H,13,14)(H,15,16);1-2H3/q-1;/p-1. The van der Waals surface area contributed by atoms with E-state index in [-0.39, 0.29) is 18.4 Å². The van der Waals surface area contributed by atoms with Gasteiger partial charge in [0.05, 0.1) is 0 Å². The van der Waals surface area contributed by atoms with Crippen LogP contribution >= 0.6 is 0 Å². The molecule has 0 rings (SSSR count). The quantitative estimate of drug-likeness (QED) is 0.666. The van der Waals surface area contributed by atoms with Crippen molar-refractivity contribution in [3.8, 4) is 0 Å². The molecule has 0 aliphatic rings. The Morgan fingerprint density at radius 3 is 2.28 bits per heavy atom. The summed E-state index contributed by atoms with van der Waals surface area (Å²) >= 11 is 0. The molecule has 0 aliphatic heterocycles. The normalized spacial score (nSPS) is 12.9. The van der Waals surface area contributed by atoms with E-state index in [1.165, 1.54) is 0 Å². The Morgan fingerprint density at radius 1 is 1.33 bits per heavy atom. The molecule has 2 N–H and O–H groups in total. The highest BCUT2D eigenvalue weighted by Gasteiger charge is 2.18. The van der Waals surface area contributed by atoms with Gasteiger partial charge in [-0.15, -0.1) is 6.54 Å². The number of carbonyl (C=O) groups excluding carboxylic acids is 2. The van der Waals surface area contributed by atoms with Crippen molar-refractivity contribution in [3.63, 3.8) is 0 Å². The molecule has 0 bridgehead atoms. The molecule has 5 heteroatoms. The van der Waals surface area contributed by atoms with Crippen molar-refractivity contribution in [1.82, 2.24) is 5.32 Å². The van der Waals surface area contributed by atoms with Gasteiger partial charge in [0.15, 0.2) is 0 Å². The largest absolute Gasteiger partial charge is 0.677 e. The molecular weight excluding hydrogens is 232 g/mol. The predicted octanol–water partition coefficient (Wildman–Crippen LogP) is 1.37. The molecule has 108 valence electrons. The molecule has 0 spiro atoms. The van der Waals surface area contributed by atoms with Gasteiger partial charge in [-0.1, -0.05) is 34.1 Å². The summed E-state index contributed by atoms with van der Waals surface area (Å²) in [4.78, 5) is 22.2. The number of amides is 1. The first-order valence-corrected chi connectivity index (χ1v) is 6.66. The maximum Gasteiger partial charge on any atom is 0.222 e. The topological polar surface area (TPSA) is 93.0 Å². The third-order valence-electron chi connectivity index (χ3n) is 2.56. The van der Waals surface area contributed by atoms with Crippen molar-refractivity contribution in [3.05, 3.63) is 5.73 Å². The average molecular weight is 258 g/mol. The van der Waals surface area contributed by atoms with Crippen LogP contribution in [0.5, 0.6) is 0 Å². The zero-order chi connectivity index (χ0) is 14.6. The van der Waals surface area contributed by atoms with Crippen LogP contribution in [0.1, 0.15) is 47.0 Å². The Kier molecular flexibility index (Phi) is 13.2. The fourth-order valence-corrected chi connectivity index (χ4v) is 1.44. The maximum atomic E-state index is 11.5. The third-order valence-corrected chi connectivity index (χ3v) is 2.56. The van der Waals surface area contributed by atoms with Gasteiger partial charge < -0.3 is 21.0 Å². The number of carbonyl (C=O) groups is 2. The summed E-state index contributed by atoms with van der Waals surface area (Å²) in [6, 6.07) is 0. The second-order valence-electron chi connectivity index (χ2n) is 3.96. The van der Waals surface area contributed by atoms with E-state index in [2.05, 4.69) is 5.32 Å². The smallest absolute Gasteiger partial charge is 0.222 e. The fraction of sp³-hybridized carbons (Fsp3) is 0.846. The SMILES string of the molecule is CC.CCC(CC(C)C(=O)NCCC[NH-])C(=O)[O-]. The summed E-state index contributed by atoms with van der Waals surface area (Å²) in [5.74, 6) is -2.12. The summed E-state index contributed by atoms with van der Waals surface area (Å²) in [7, 11) is 0. The van der Waals surface area contributed by atoms with E-state index >= 15 is 0 Å². The summed E-state index contributed by atoms with van der Waals surface area (Å²) in [5.41, 5.74) is 6.92. The van der Waals surface area contributed by atoms with Gasteiger partial charge in [0.25, 0.3) is 0 Å². The molecule has 18 heavy (non-hydrogen) atoms. The molecule has 0 saturated carbocycles. The van der Waals surface area contributed by atoms with Gasteiger partial charge in [0.1, 0.15) is 0 Å².